The summed E-state index contributed by atoms with van der Waals surface area (Å²) in [5, 5.41) is 8.99. The molecule has 0 aliphatic heterocycles. The average molecular weight is 188 g/mol. The summed E-state index contributed by atoms with van der Waals surface area (Å²) >= 11 is 0. The second kappa shape index (κ2) is 2.98. The summed E-state index contributed by atoms with van der Waals surface area (Å²) in [7, 11) is 0. The fourth-order valence-electron chi connectivity index (χ4n) is 2.00. The molecule has 2 heteroatoms. The molecule has 0 amide bonds. The lowest BCUT2D eigenvalue weighted by Gasteiger charge is -2.03. The van der Waals surface area contributed by atoms with E-state index in [-0.39, 0.29) is 0 Å². The Morgan fingerprint density at radius 3 is 2.64 bits per heavy atom. The zero-order valence-electron chi connectivity index (χ0n) is 8.29. The van der Waals surface area contributed by atoms with Crippen molar-refractivity contribution in [2.24, 2.45) is 0 Å². The van der Waals surface area contributed by atoms with Crippen LogP contribution in [0.4, 0.5) is 0 Å². The number of allylic oxidation sites excluding steroid dienone is 1. The van der Waals surface area contributed by atoms with Crippen LogP contribution in [0.2, 0.25) is 0 Å². The van der Waals surface area contributed by atoms with E-state index >= 15 is 0 Å². The summed E-state index contributed by atoms with van der Waals surface area (Å²) in [6, 6.07) is 5.99. The minimum atomic E-state index is -0.793. The van der Waals surface area contributed by atoms with Crippen molar-refractivity contribution in [1.29, 1.82) is 0 Å². The van der Waals surface area contributed by atoms with Gasteiger partial charge >= 0.3 is 5.97 Å². The Balaban J connectivity index is 2.58. The van der Waals surface area contributed by atoms with E-state index in [4.69, 9.17) is 5.11 Å². The maximum absolute atomic E-state index is 10.9. The minimum Gasteiger partial charge on any atom is -0.478 e. The lowest BCUT2D eigenvalue weighted by Crippen LogP contribution is -2.01. The summed E-state index contributed by atoms with van der Waals surface area (Å²) in [6.45, 7) is 3.91. The van der Waals surface area contributed by atoms with Crippen LogP contribution in [-0.4, -0.2) is 11.1 Å². The molecule has 72 valence electrons. The topological polar surface area (TPSA) is 37.3 Å². The van der Waals surface area contributed by atoms with E-state index in [1.54, 1.807) is 0 Å². The van der Waals surface area contributed by atoms with Gasteiger partial charge in [0.1, 0.15) is 0 Å². The molecule has 1 N–H and O–H groups in total. The molecule has 14 heavy (non-hydrogen) atoms. The SMILES string of the molecule is CC1=C(C(=O)O)Cc2c(C)cccc21. The number of carboxylic acid groups (broad SMARTS) is 1. The van der Waals surface area contributed by atoms with Crippen LogP contribution < -0.4 is 0 Å². The highest BCUT2D eigenvalue weighted by atomic mass is 16.4. The predicted octanol–water partition coefficient (Wildman–Crippen LogP) is 2.41. The van der Waals surface area contributed by atoms with Crippen LogP contribution in [0.15, 0.2) is 23.8 Å². The fraction of sp³-hybridized carbons (Fsp3) is 0.250. The van der Waals surface area contributed by atoms with Crippen molar-refractivity contribution in [3.63, 3.8) is 0 Å². The molecule has 1 aliphatic carbocycles. The molecule has 1 aliphatic rings. The molecule has 0 unspecified atom stereocenters. The Morgan fingerprint density at radius 1 is 1.36 bits per heavy atom. The third-order valence-corrected chi connectivity index (χ3v) is 2.88. The molecular weight excluding hydrogens is 176 g/mol. The van der Waals surface area contributed by atoms with Crippen molar-refractivity contribution in [2.45, 2.75) is 20.3 Å². The average Bonchev–Trinajstić information content (AvgIpc) is 2.46. The lowest BCUT2D eigenvalue weighted by molar-refractivity contribution is -0.132. The largest absolute Gasteiger partial charge is 0.478 e. The lowest BCUT2D eigenvalue weighted by atomic mass is 10.0. The van der Waals surface area contributed by atoms with E-state index in [2.05, 4.69) is 0 Å². The molecule has 0 atom stereocenters. The number of carbonyl (C=O) groups is 1. The first-order valence-electron chi connectivity index (χ1n) is 4.63. The molecule has 0 spiro atoms. The molecule has 0 aromatic heterocycles. The molecule has 1 aromatic rings. The summed E-state index contributed by atoms with van der Waals surface area (Å²) in [5.41, 5.74) is 4.90. The van der Waals surface area contributed by atoms with E-state index < -0.39 is 5.97 Å². The second-order valence-electron chi connectivity index (χ2n) is 3.69. The number of hydrogen-bond donors (Lipinski definition) is 1. The predicted molar refractivity (Wildman–Crippen MR) is 55.1 cm³/mol. The van der Waals surface area contributed by atoms with Crippen molar-refractivity contribution in [2.75, 3.05) is 0 Å². The van der Waals surface area contributed by atoms with Gasteiger partial charge in [-0.15, -0.1) is 0 Å². The summed E-state index contributed by atoms with van der Waals surface area (Å²) < 4.78 is 0. The molecule has 0 saturated carbocycles. The number of aryl methyl sites for hydroxylation is 1. The highest BCUT2D eigenvalue weighted by Crippen LogP contribution is 2.34. The highest BCUT2D eigenvalue weighted by Gasteiger charge is 2.23. The van der Waals surface area contributed by atoms with Crippen molar-refractivity contribution in [3.05, 3.63) is 40.5 Å². The van der Waals surface area contributed by atoms with Gasteiger partial charge in [-0.1, -0.05) is 18.2 Å². The van der Waals surface area contributed by atoms with Crippen LogP contribution in [0.1, 0.15) is 23.6 Å². The maximum atomic E-state index is 10.9. The Morgan fingerprint density at radius 2 is 2.07 bits per heavy atom. The molecular formula is C12H12O2. The Labute approximate surface area is 82.9 Å². The van der Waals surface area contributed by atoms with Gasteiger partial charge in [0.05, 0.1) is 0 Å². The zero-order chi connectivity index (χ0) is 10.3. The Bertz CT molecular complexity index is 442. The van der Waals surface area contributed by atoms with Gasteiger partial charge in [0.15, 0.2) is 0 Å². The first kappa shape index (κ1) is 9.00. The van der Waals surface area contributed by atoms with Crippen LogP contribution in [-0.2, 0) is 11.2 Å². The van der Waals surface area contributed by atoms with E-state index in [0.717, 1.165) is 11.1 Å². The van der Waals surface area contributed by atoms with Crippen LogP contribution in [0.25, 0.3) is 5.57 Å². The van der Waals surface area contributed by atoms with Gasteiger partial charge in [0, 0.05) is 12.0 Å². The standard InChI is InChI=1S/C12H12O2/c1-7-4-3-5-9-8(2)11(12(13)14)6-10(7)9/h3-5H,6H2,1-2H3,(H,13,14). The summed E-state index contributed by atoms with van der Waals surface area (Å²) in [6.07, 6.45) is 0.573. The Hall–Kier alpha value is -1.57. The number of aliphatic carboxylic acids is 1. The van der Waals surface area contributed by atoms with Crippen molar-refractivity contribution < 1.29 is 9.90 Å². The highest BCUT2D eigenvalue weighted by molar-refractivity contribution is 5.99. The third kappa shape index (κ3) is 1.15. The smallest absolute Gasteiger partial charge is 0.332 e. The minimum absolute atomic E-state index is 0.536. The number of hydrogen-bond acceptors (Lipinski definition) is 1. The van der Waals surface area contributed by atoms with E-state index in [0.29, 0.717) is 12.0 Å². The number of rotatable bonds is 1. The van der Waals surface area contributed by atoms with Crippen LogP contribution >= 0.6 is 0 Å². The van der Waals surface area contributed by atoms with Crippen LogP contribution in [0, 0.1) is 6.92 Å². The molecule has 0 bridgehead atoms. The van der Waals surface area contributed by atoms with Crippen molar-refractivity contribution in [1.82, 2.24) is 0 Å². The van der Waals surface area contributed by atoms with Crippen molar-refractivity contribution in [3.8, 4) is 0 Å². The first-order valence-corrected chi connectivity index (χ1v) is 4.63. The molecule has 1 aromatic carbocycles. The van der Waals surface area contributed by atoms with Gasteiger partial charge < -0.3 is 5.11 Å². The van der Waals surface area contributed by atoms with Gasteiger partial charge in [0.2, 0.25) is 0 Å². The quantitative estimate of drug-likeness (QED) is 0.734. The van der Waals surface area contributed by atoms with Crippen LogP contribution in [0.5, 0.6) is 0 Å². The van der Waals surface area contributed by atoms with Gasteiger partial charge in [-0.05, 0) is 36.1 Å². The zero-order valence-corrected chi connectivity index (χ0v) is 8.29. The normalized spacial score (nSPS) is 14.4. The monoisotopic (exact) mass is 188 g/mol. The number of fused-ring (bicyclic) bond motifs is 1. The van der Waals surface area contributed by atoms with Gasteiger partial charge in [-0.25, -0.2) is 4.79 Å². The summed E-state index contributed by atoms with van der Waals surface area (Å²) in [4.78, 5) is 10.9. The molecule has 2 nitrogen and oxygen atoms in total. The maximum Gasteiger partial charge on any atom is 0.332 e. The molecule has 2 rings (SSSR count). The third-order valence-electron chi connectivity index (χ3n) is 2.88. The number of benzene rings is 1. The van der Waals surface area contributed by atoms with E-state index in [1.165, 1.54) is 11.1 Å². The molecule has 0 radical (unpaired) electrons. The van der Waals surface area contributed by atoms with Crippen molar-refractivity contribution >= 4 is 11.5 Å². The molecule has 0 fully saturated rings. The van der Waals surface area contributed by atoms with Gasteiger partial charge in [0.25, 0.3) is 0 Å². The molecule has 0 saturated heterocycles. The van der Waals surface area contributed by atoms with Gasteiger partial charge in [-0.2, -0.15) is 0 Å². The van der Waals surface area contributed by atoms with E-state index in [9.17, 15) is 4.79 Å². The summed E-state index contributed by atoms with van der Waals surface area (Å²) in [5.74, 6) is -0.793. The number of carboxylic acids is 1. The molecule has 0 heterocycles. The second-order valence-corrected chi connectivity index (χ2v) is 3.69. The first-order chi connectivity index (χ1) is 6.61. The van der Waals surface area contributed by atoms with Crippen LogP contribution in [0.3, 0.4) is 0 Å². The Kier molecular flexibility index (Phi) is 1.92. The van der Waals surface area contributed by atoms with Gasteiger partial charge in [-0.3, -0.25) is 0 Å². The van der Waals surface area contributed by atoms with E-state index in [1.807, 2.05) is 32.0 Å². The fourth-order valence-corrected chi connectivity index (χ4v) is 2.00.